The maximum absolute atomic E-state index is 12.3. The van der Waals surface area contributed by atoms with Crippen LogP contribution in [0.15, 0.2) is 0 Å². The second kappa shape index (κ2) is 5.21. The maximum Gasteiger partial charge on any atom is 0.233 e. The second-order valence-corrected chi connectivity index (χ2v) is 6.21. The number of carbonyl (C=O) groups is 2. The van der Waals surface area contributed by atoms with Gasteiger partial charge in [-0.25, -0.2) is 0 Å². The van der Waals surface area contributed by atoms with Crippen LogP contribution in [0.3, 0.4) is 0 Å². The zero-order valence-electron chi connectivity index (χ0n) is 11.6. The predicted molar refractivity (Wildman–Crippen MR) is 71.4 cm³/mol. The highest BCUT2D eigenvalue weighted by Gasteiger charge is 2.51. The first-order valence-corrected chi connectivity index (χ1v) is 7.45. The van der Waals surface area contributed by atoms with Crippen LogP contribution in [0.4, 0.5) is 0 Å². The van der Waals surface area contributed by atoms with Crippen molar-refractivity contribution >= 4 is 11.8 Å². The summed E-state index contributed by atoms with van der Waals surface area (Å²) in [6, 6.07) is 0. The minimum absolute atomic E-state index is 0.00878. The molecule has 0 aromatic carbocycles. The Kier molecular flexibility index (Phi) is 3.58. The lowest BCUT2D eigenvalue weighted by molar-refractivity contribution is -0.140. The van der Waals surface area contributed by atoms with E-state index in [-0.39, 0.29) is 23.7 Å². The molecular weight excluding hydrogens is 242 g/mol. The zero-order valence-corrected chi connectivity index (χ0v) is 11.6. The summed E-state index contributed by atoms with van der Waals surface area (Å²) in [5.74, 6) is 0.693. The van der Waals surface area contributed by atoms with Gasteiger partial charge in [-0.2, -0.15) is 0 Å². The van der Waals surface area contributed by atoms with E-state index in [2.05, 4.69) is 17.1 Å². The van der Waals surface area contributed by atoms with E-state index in [0.717, 1.165) is 45.6 Å². The van der Waals surface area contributed by atoms with Crippen LogP contribution in [0, 0.1) is 17.8 Å². The maximum atomic E-state index is 12.3. The average molecular weight is 265 g/mol. The highest BCUT2D eigenvalue weighted by Crippen LogP contribution is 2.42. The van der Waals surface area contributed by atoms with E-state index in [1.165, 1.54) is 4.90 Å². The fourth-order valence-corrected chi connectivity index (χ4v) is 3.74. The Morgan fingerprint density at radius 1 is 1.05 bits per heavy atom. The van der Waals surface area contributed by atoms with Gasteiger partial charge in [0.2, 0.25) is 11.8 Å². The average Bonchev–Trinajstić information content (AvgIpc) is 2.89. The predicted octanol–water partition coefficient (Wildman–Crippen LogP) is -0.0773. The summed E-state index contributed by atoms with van der Waals surface area (Å²) in [7, 11) is 0. The van der Waals surface area contributed by atoms with Crippen LogP contribution in [-0.2, 0) is 9.59 Å². The number of nitrogens with one attached hydrogen (secondary N) is 1. The molecule has 2 saturated heterocycles. The van der Waals surface area contributed by atoms with Gasteiger partial charge in [0.15, 0.2) is 0 Å². The van der Waals surface area contributed by atoms with Gasteiger partial charge in [-0.3, -0.25) is 19.4 Å². The van der Waals surface area contributed by atoms with Gasteiger partial charge >= 0.3 is 0 Å². The Bertz CT molecular complexity index is 355. The molecule has 0 bridgehead atoms. The third-order valence-electron chi connectivity index (χ3n) is 4.81. The highest BCUT2D eigenvalue weighted by molar-refractivity contribution is 6.05. The molecule has 3 aliphatic rings. The fourth-order valence-electron chi connectivity index (χ4n) is 3.74. The molecule has 1 saturated carbocycles. The summed E-state index contributed by atoms with van der Waals surface area (Å²) >= 11 is 0. The Morgan fingerprint density at radius 2 is 1.63 bits per heavy atom. The molecule has 0 radical (unpaired) electrons. The largest absolute Gasteiger partial charge is 0.314 e. The number of nitrogens with zero attached hydrogens (tertiary/aromatic N) is 2. The summed E-state index contributed by atoms with van der Waals surface area (Å²) < 4.78 is 0. The number of amides is 2. The van der Waals surface area contributed by atoms with Crippen molar-refractivity contribution in [3.05, 3.63) is 0 Å². The van der Waals surface area contributed by atoms with Gasteiger partial charge in [0.05, 0.1) is 11.8 Å². The number of hydrogen-bond acceptors (Lipinski definition) is 4. The van der Waals surface area contributed by atoms with Crippen LogP contribution in [0.25, 0.3) is 0 Å². The lowest BCUT2D eigenvalue weighted by Crippen LogP contribution is -2.47. The van der Waals surface area contributed by atoms with Crippen LogP contribution in [0.2, 0.25) is 0 Å². The molecule has 0 aromatic rings. The van der Waals surface area contributed by atoms with Crippen molar-refractivity contribution in [3.8, 4) is 0 Å². The molecule has 2 amide bonds. The van der Waals surface area contributed by atoms with E-state index in [1.54, 1.807) is 0 Å². The molecule has 2 aliphatic heterocycles. The highest BCUT2D eigenvalue weighted by atomic mass is 16.2. The minimum Gasteiger partial charge on any atom is -0.314 e. The standard InChI is InChI=1S/C14H23N3O2/c1-10-8-11-12(9-10)14(19)17(13(11)18)7-6-16-4-2-15-3-5-16/h10-12,15H,2-9H2,1H3. The van der Waals surface area contributed by atoms with Crippen molar-refractivity contribution in [2.45, 2.75) is 19.8 Å². The number of hydrogen-bond donors (Lipinski definition) is 1. The van der Waals surface area contributed by atoms with Gasteiger partial charge < -0.3 is 5.32 Å². The van der Waals surface area contributed by atoms with Crippen LogP contribution in [0.1, 0.15) is 19.8 Å². The number of carbonyl (C=O) groups excluding carboxylic acids is 2. The molecule has 19 heavy (non-hydrogen) atoms. The topological polar surface area (TPSA) is 52.7 Å². The van der Waals surface area contributed by atoms with Crippen molar-refractivity contribution in [3.63, 3.8) is 0 Å². The quantitative estimate of drug-likeness (QED) is 0.725. The lowest BCUT2D eigenvalue weighted by atomic mass is 10.00. The molecule has 0 spiro atoms. The first kappa shape index (κ1) is 13.1. The normalized spacial score (nSPS) is 36.1. The molecule has 2 atom stereocenters. The molecule has 0 aromatic heterocycles. The van der Waals surface area contributed by atoms with Crippen molar-refractivity contribution < 1.29 is 9.59 Å². The molecule has 2 unspecified atom stereocenters. The zero-order chi connectivity index (χ0) is 13.4. The van der Waals surface area contributed by atoms with Gasteiger partial charge in [0.25, 0.3) is 0 Å². The van der Waals surface area contributed by atoms with Crippen LogP contribution < -0.4 is 5.32 Å². The third-order valence-corrected chi connectivity index (χ3v) is 4.81. The minimum atomic E-state index is -0.00878. The van der Waals surface area contributed by atoms with E-state index in [9.17, 15) is 9.59 Å². The third kappa shape index (κ3) is 2.41. The van der Waals surface area contributed by atoms with Crippen LogP contribution in [-0.4, -0.2) is 60.9 Å². The fraction of sp³-hybridized carbons (Fsp3) is 0.857. The molecule has 3 fully saturated rings. The van der Waals surface area contributed by atoms with Crippen molar-refractivity contribution in [1.82, 2.24) is 15.1 Å². The summed E-state index contributed by atoms with van der Waals surface area (Å²) in [6.07, 6.45) is 1.80. The SMILES string of the molecule is CC1CC2C(=O)N(CCN3CCNCC3)C(=O)C2C1. The van der Waals surface area contributed by atoms with E-state index in [1.807, 2.05) is 0 Å². The number of piperazine rings is 1. The monoisotopic (exact) mass is 265 g/mol. The second-order valence-electron chi connectivity index (χ2n) is 6.21. The molecule has 106 valence electrons. The number of fused-ring (bicyclic) bond motifs is 1. The van der Waals surface area contributed by atoms with Gasteiger partial charge in [0.1, 0.15) is 0 Å². The summed E-state index contributed by atoms with van der Waals surface area (Å²) in [5.41, 5.74) is 0. The van der Waals surface area contributed by atoms with Gasteiger partial charge in [0, 0.05) is 39.3 Å². The van der Waals surface area contributed by atoms with Crippen molar-refractivity contribution in [2.24, 2.45) is 17.8 Å². The molecule has 5 nitrogen and oxygen atoms in total. The molecule has 3 rings (SSSR count). The number of likely N-dealkylation sites (tertiary alicyclic amines) is 1. The molecule has 2 heterocycles. The van der Waals surface area contributed by atoms with E-state index in [0.29, 0.717) is 12.5 Å². The molecule has 5 heteroatoms. The smallest absolute Gasteiger partial charge is 0.233 e. The Hall–Kier alpha value is -0.940. The first-order valence-electron chi connectivity index (χ1n) is 7.45. The molecule has 1 aliphatic carbocycles. The van der Waals surface area contributed by atoms with Gasteiger partial charge in [-0.1, -0.05) is 6.92 Å². The molecule has 1 N–H and O–H groups in total. The number of imide groups is 1. The first-order chi connectivity index (χ1) is 9.16. The Morgan fingerprint density at radius 3 is 2.21 bits per heavy atom. The van der Waals surface area contributed by atoms with E-state index >= 15 is 0 Å². The van der Waals surface area contributed by atoms with E-state index < -0.39 is 0 Å². The summed E-state index contributed by atoms with van der Waals surface area (Å²) in [4.78, 5) is 28.4. The lowest BCUT2D eigenvalue weighted by Gasteiger charge is -2.28. The molecular formula is C14H23N3O2. The summed E-state index contributed by atoms with van der Waals surface area (Å²) in [6.45, 7) is 7.59. The van der Waals surface area contributed by atoms with Gasteiger partial charge in [-0.15, -0.1) is 0 Å². The number of rotatable bonds is 3. The van der Waals surface area contributed by atoms with Crippen LogP contribution in [0.5, 0.6) is 0 Å². The van der Waals surface area contributed by atoms with E-state index in [4.69, 9.17) is 0 Å². The summed E-state index contributed by atoms with van der Waals surface area (Å²) in [5, 5.41) is 3.31. The Labute approximate surface area is 114 Å². The van der Waals surface area contributed by atoms with Crippen LogP contribution >= 0.6 is 0 Å². The van der Waals surface area contributed by atoms with Crippen molar-refractivity contribution in [2.75, 3.05) is 39.3 Å². The Balaban J connectivity index is 1.57. The van der Waals surface area contributed by atoms with Gasteiger partial charge in [-0.05, 0) is 18.8 Å². The van der Waals surface area contributed by atoms with Crippen molar-refractivity contribution in [1.29, 1.82) is 0 Å².